The summed E-state index contributed by atoms with van der Waals surface area (Å²) in [5.41, 5.74) is 0.639. The van der Waals surface area contributed by atoms with E-state index in [1.165, 1.54) is 12.1 Å². The smallest absolute Gasteiger partial charge is 0.255 e. The average molecular weight is 544 g/mol. The maximum Gasteiger partial charge on any atom is 0.255 e. The summed E-state index contributed by atoms with van der Waals surface area (Å²) in [5.74, 6) is -1.78. The number of halogens is 1. The molecule has 1 fully saturated rings. The zero-order chi connectivity index (χ0) is 27.9. The number of carbonyl (C=O) groups excluding carboxylic acids is 4. The summed E-state index contributed by atoms with van der Waals surface area (Å²) in [5, 5.41) is 16.5. The third kappa shape index (κ3) is 7.52. The van der Waals surface area contributed by atoms with Crippen LogP contribution in [0, 0.1) is 11.7 Å². The van der Waals surface area contributed by atoms with E-state index in [1.54, 1.807) is 15.8 Å². The molecule has 2 atom stereocenters. The first-order valence-electron chi connectivity index (χ1n) is 13.2. The van der Waals surface area contributed by atoms with Crippen LogP contribution in [0.5, 0.6) is 5.75 Å². The van der Waals surface area contributed by atoms with Crippen molar-refractivity contribution in [2.45, 2.75) is 58.2 Å². The van der Waals surface area contributed by atoms with E-state index in [4.69, 9.17) is 4.74 Å². The molecule has 3 heterocycles. The predicted octanol–water partition coefficient (Wildman–Crippen LogP) is 0.420. The van der Waals surface area contributed by atoms with Crippen LogP contribution in [0.25, 0.3) is 0 Å². The normalized spacial score (nSPS) is 21.2. The second kappa shape index (κ2) is 12.7. The highest BCUT2D eigenvalue weighted by Gasteiger charge is 2.31. The van der Waals surface area contributed by atoms with Crippen molar-refractivity contribution < 1.29 is 28.3 Å². The fraction of sp³-hybridized carbons (Fsp3) is 0.538. The molecule has 12 nitrogen and oxygen atoms in total. The van der Waals surface area contributed by atoms with Gasteiger partial charge in [0.05, 0.1) is 17.8 Å². The Kier molecular flexibility index (Phi) is 9.10. The number of nitrogens with zero attached hydrogens (tertiary/aromatic N) is 4. The van der Waals surface area contributed by atoms with Crippen molar-refractivity contribution in [3.8, 4) is 5.75 Å². The molecule has 2 aromatic rings. The SMILES string of the molecule is CC(C)C[C@H]1NC(=O)c2cc(F)ccc2OCCn2cc(nn2)CCN(C(=O)[C@H]2CCC(=O)N2)CCNC1=O. The fourth-order valence-corrected chi connectivity index (χ4v) is 4.59. The largest absolute Gasteiger partial charge is 0.491 e. The van der Waals surface area contributed by atoms with Gasteiger partial charge in [0.1, 0.15) is 30.3 Å². The lowest BCUT2D eigenvalue weighted by Crippen LogP contribution is -2.51. The van der Waals surface area contributed by atoms with E-state index < -0.39 is 29.7 Å². The van der Waals surface area contributed by atoms with Gasteiger partial charge in [0, 0.05) is 38.7 Å². The van der Waals surface area contributed by atoms with Gasteiger partial charge in [-0.2, -0.15) is 0 Å². The lowest BCUT2D eigenvalue weighted by molar-refractivity contribution is -0.134. The molecule has 13 heteroatoms. The number of benzene rings is 1. The summed E-state index contributed by atoms with van der Waals surface area (Å²) >= 11 is 0. The molecule has 0 aliphatic carbocycles. The summed E-state index contributed by atoms with van der Waals surface area (Å²) < 4.78 is 21.4. The molecule has 210 valence electrons. The molecule has 0 unspecified atom stereocenters. The number of carbonyl (C=O) groups is 4. The van der Waals surface area contributed by atoms with Gasteiger partial charge < -0.3 is 25.6 Å². The van der Waals surface area contributed by atoms with E-state index in [0.29, 0.717) is 44.5 Å². The average Bonchev–Trinajstić information content (AvgIpc) is 3.54. The highest BCUT2D eigenvalue weighted by Crippen LogP contribution is 2.21. The van der Waals surface area contributed by atoms with Gasteiger partial charge in [0.2, 0.25) is 17.7 Å². The number of hydrogen-bond donors (Lipinski definition) is 3. The predicted molar refractivity (Wildman–Crippen MR) is 137 cm³/mol. The Morgan fingerprint density at radius 2 is 1.97 bits per heavy atom. The molecular formula is C26H34FN7O5. The van der Waals surface area contributed by atoms with Gasteiger partial charge in [-0.3, -0.25) is 19.2 Å². The lowest BCUT2D eigenvalue weighted by atomic mass is 10.0. The molecule has 0 spiro atoms. The van der Waals surface area contributed by atoms with Gasteiger partial charge in [-0.15, -0.1) is 5.10 Å². The zero-order valence-electron chi connectivity index (χ0n) is 22.1. The second-order valence-corrected chi connectivity index (χ2v) is 10.1. The Morgan fingerprint density at radius 1 is 1.15 bits per heavy atom. The topological polar surface area (TPSA) is 148 Å². The van der Waals surface area contributed by atoms with Crippen molar-refractivity contribution in [2.24, 2.45) is 5.92 Å². The Morgan fingerprint density at radius 3 is 2.72 bits per heavy atom. The van der Waals surface area contributed by atoms with Crippen LogP contribution in [-0.2, 0) is 27.3 Å². The quantitative estimate of drug-likeness (QED) is 0.508. The zero-order valence-corrected chi connectivity index (χ0v) is 22.1. The van der Waals surface area contributed by atoms with Crippen molar-refractivity contribution in [1.82, 2.24) is 35.8 Å². The van der Waals surface area contributed by atoms with Crippen molar-refractivity contribution in [3.63, 3.8) is 0 Å². The van der Waals surface area contributed by atoms with E-state index in [9.17, 15) is 23.6 Å². The number of aromatic nitrogens is 3. The van der Waals surface area contributed by atoms with Crippen molar-refractivity contribution in [3.05, 3.63) is 41.5 Å². The molecule has 4 rings (SSSR count). The maximum absolute atomic E-state index is 14.1. The number of nitrogens with one attached hydrogen (secondary N) is 3. The van der Waals surface area contributed by atoms with Crippen molar-refractivity contribution >= 4 is 23.6 Å². The summed E-state index contributed by atoms with van der Waals surface area (Å²) in [6.07, 6.45) is 3.23. The molecule has 39 heavy (non-hydrogen) atoms. The molecule has 1 saturated heterocycles. The Labute approximate surface area is 225 Å². The Hall–Kier alpha value is -4.03. The third-order valence-electron chi connectivity index (χ3n) is 6.60. The highest BCUT2D eigenvalue weighted by atomic mass is 19.1. The molecular weight excluding hydrogens is 509 g/mol. The van der Waals surface area contributed by atoms with Crippen LogP contribution in [0.1, 0.15) is 49.2 Å². The van der Waals surface area contributed by atoms with Crippen LogP contribution in [0.4, 0.5) is 4.39 Å². The molecule has 0 saturated carbocycles. The minimum Gasteiger partial charge on any atom is -0.491 e. The van der Waals surface area contributed by atoms with E-state index in [-0.39, 0.29) is 48.7 Å². The number of fused-ring (bicyclic) bond motifs is 3. The number of rotatable bonds is 3. The van der Waals surface area contributed by atoms with Gasteiger partial charge in [0.15, 0.2) is 0 Å². The monoisotopic (exact) mass is 543 g/mol. The van der Waals surface area contributed by atoms with Gasteiger partial charge >= 0.3 is 0 Å². The molecule has 1 aromatic carbocycles. The number of amides is 4. The minimum absolute atomic E-state index is 0.0210. The number of ether oxygens (including phenoxy) is 1. The van der Waals surface area contributed by atoms with Crippen LogP contribution in [0.2, 0.25) is 0 Å². The third-order valence-corrected chi connectivity index (χ3v) is 6.60. The summed E-state index contributed by atoms with van der Waals surface area (Å²) in [6, 6.07) is 2.17. The first kappa shape index (κ1) is 28.0. The van der Waals surface area contributed by atoms with E-state index in [2.05, 4.69) is 26.3 Å². The standard InChI is InChI=1S/C26H34FN7O5/c1-16(2)13-21-25(37)28-8-10-33(26(38)20-4-6-23(35)29-20)9-7-18-15-34(32-31-18)11-12-39-22-5-3-17(27)14-19(22)24(36)30-21/h3,5,14-16,20-21H,4,6-13H2,1-2H3,(H,28,37)(H,29,35)(H,30,36)/t20-,21-/m1/s1. The maximum atomic E-state index is 14.1. The molecule has 3 N–H and O–H groups in total. The van der Waals surface area contributed by atoms with Crippen molar-refractivity contribution in [1.29, 1.82) is 0 Å². The lowest BCUT2D eigenvalue weighted by Gasteiger charge is -2.26. The fourth-order valence-electron chi connectivity index (χ4n) is 4.59. The highest BCUT2D eigenvalue weighted by molar-refractivity contribution is 5.99. The summed E-state index contributed by atoms with van der Waals surface area (Å²) in [4.78, 5) is 52.7. The van der Waals surface area contributed by atoms with E-state index >= 15 is 0 Å². The van der Waals surface area contributed by atoms with E-state index in [1.807, 2.05) is 13.8 Å². The molecule has 2 bridgehead atoms. The van der Waals surface area contributed by atoms with Crippen molar-refractivity contribution in [2.75, 3.05) is 26.2 Å². The first-order chi connectivity index (χ1) is 18.7. The number of hydrogen-bond acceptors (Lipinski definition) is 7. The van der Waals surface area contributed by atoms with E-state index in [0.717, 1.165) is 6.07 Å². The second-order valence-electron chi connectivity index (χ2n) is 10.1. The summed E-state index contributed by atoms with van der Waals surface area (Å²) in [7, 11) is 0. The molecule has 4 amide bonds. The minimum atomic E-state index is -0.879. The Balaban J connectivity index is 1.56. The van der Waals surface area contributed by atoms with Gasteiger partial charge in [-0.1, -0.05) is 19.1 Å². The molecule has 2 aliphatic heterocycles. The van der Waals surface area contributed by atoms with Crippen LogP contribution >= 0.6 is 0 Å². The Bertz CT molecular complexity index is 1220. The molecule has 0 radical (unpaired) electrons. The van der Waals surface area contributed by atoms with Crippen LogP contribution in [0.3, 0.4) is 0 Å². The van der Waals surface area contributed by atoms with Crippen LogP contribution in [-0.4, -0.2) is 81.8 Å². The van der Waals surface area contributed by atoms with Gasteiger partial charge in [-0.25, -0.2) is 9.07 Å². The van der Waals surface area contributed by atoms with Crippen LogP contribution < -0.4 is 20.7 Å². The van der Waals surface area contributed by atoms with Crippen LogP contribution in [0.15, 0.2) is 24.4 Å². The van der Waals surface area contributed by atoms with Gasteiger partial charge in [0.25, 0.3) is 5.91 Å². The summed E-state index contributed by atoms with van der Waals surface area (Å²) in [6.45, 7) is 4.96. The first-order valence-corrected chi connectivity index (χ1v) is 13.2. The molecule has 1 aromatic heterocycles. The molecule has 2 aliphatic rings. The van der Waals surface area contributed by atoms with Gasteiger partial charge in [-0.05, 0) is 37.0 Å².